The van der Waals surface area contributed by atoms with Crippen molar-refractivity contribution in [2.24, 2.45) is 0 Å². The quantitative estimate of drug-likeness (QED) is 0.629. The van der Waals surface area contributed by atoms with Gasteiger partial charge in [-0.1, -0.05) is 46.3 Å². The highest BCUT2D eigenvalue weighted by Gasteiger charge is 2.22. The van der Waals surface area contributed by atoms with E-state index in [1.54, 1.807) is 0 Å². The maximum atomic E-state index is 11.7. The first-order valence-corrected chi connectivity index (χ1v) is 6.21. The van der Waals surface area contributed by atoms with Gasteiger partial charge in [0.05, 0.1) is 0 Å². The minimum Gasteiger partial charge on any atom is -0.459 e. The minimum absolute atomic E-state index is 0.212. The van der Waals surface area contributed by atoms with Crippen LogP contribution in [-0.2, 0) is 16.0 Å². The third-order valence-corrected chi connectivity index (χ3v) is 2.62. The summed E-state index contributed by atoms with van der Waals surface area (Å²) in [6, 6.07) is 9.88. The van der Waals surface area contributed by atoms with Crippen molar-refractivity contribution in [2.75, 3.05) is 0 Å². The Bertz CT molecular complexity index is 341. The number of ether oxygens (including phenoxy) is 1. The molecule has 0 aliphatic heterocycles. The lowest BCUT2D eigenvalue weighted by Gasteiger charge is -2.21. The topological polar surface area (TPSA) is 26.3 Å². The molecule has 16 heavy (non-hydrogen) atoms. The van der Waals surface area contributed by atoms with Crippen LogP contribution < -0.4 is 0 Å². The van der Waals surface area contributed by atoms with E-state index in [4.69, 9.17) is 4.74 Å². The Morgan fingerprint density at radius 3 is 2.38 bits per heavy atom. The highest BCUT2D eigenvalue weighted by atomic mass is 79.9. The molecule has 0 N–H and O–H groups in total. The van der Waals surface area contributed by atoms with Crippen LogP contribution in [0.2, 0.25) is 0 Å². The normalized spacial score (nSPS) is 13.2. The van der Waals surface area contributed by atoms with E-state index in [2.05, 4.69) is 15.9 Å². The van der Waals surface area contributed by atoms with E-state index in [0.29, 0.717) is 6.42 Å². The average molecular weight is 285 g/mol. The van der Waals surface area contributed by atoms with Gasteiger partial charge in [-0.15, -0.1) is 0 Å². The lowest BCUT2D eigenvalue weighted by Crippen LogP contribution is -2.29. The number of carbonyl (C=O) groups excluding carboxylic acids is 1. The summed E-state index contributed by atoms with van der Waals surface area (Å²) in [4.78, 5) is 11.4. The smallest absolute Gasteiger partial charge is 0.320 e. The molecule has 1 rings (SSSR count). The molecule has 0 bridgehead atoms. The first-order valence-electron chi connectivity index (χ1n) is 5.29. The van der Waals surface area contributed by atoms with E-state index in [9.17, 15) is 4.79 Å². The molecule has 0 aliphatic rings. The van der Waals surface area contributed by atoms with Crippen molar-refractivity contribution in [3.05, 3.63) is 35.9 Å². The van der Waals surface area contributed by atoms with E-state index in [-0.39, 0.29) is 10.8 Å². The third kappa shape index (κ3) is 4.79. The second kappa shape index (κ2) is 5.48. The molecule has 0 spiro atoms. The van der Waals surface area contributed by atoms with Gasteiger partial charge >= 0.3 is 5.97 Å². The van der Waals surface area contributed by atoms with Crippen molar-refractivity contribution < 1.29 is 9.53 Å². The van der Waals surface area contributed by atoms with Gasteiger partial charge in [-0.3, -0.25) is 4.79 Å². The number of halogens is 1. The number of benzene rings is 1. The molecule has 88 valence electrons. The Balaban J connectivity index is 2.53. The van der Waals surface area contributed by atoms with Gasteiger partial charge in [0.25, 0.3) is 0 Å². The number of carbonyl (C=O) groups is 1. The second-order valence-electron chi connectivity index (χ2n) is 4.69. The Morgan fingerprint density at radius 2 is 1.88 bits per heavy atom. The summed E-state index contributed by atoms with van der Waals surface area (Å²) in [5.74, 6) is -0.212. The average Bonchev–Trinajstić information content (AvgIpc) is 2.16. The summed E-state index contributed by atoms with van der Waals surface area (Å²) in [6.07, 6.45) is 0.649. The van der Waals surface area contributed by atoms with E-state index in [1.165, 1.54) is 0 Å². The molecular weight excluding hydrogens is 268 g/mol. The molecule has 0 amide bonds. The van der Waals surface area contributed by atoms with E-state index in [1.807, 2.05) is 51.1 Å². The summed E-state index contributed by atoms with van der Waals surface area (Å²) < 4.78 is 5.29. The largest absolute Gasteiger partial charge is 0.459 e. The fraction of sp³-hybridized carbons (Fsp3) is 0.462. The molecular formula is C13H17BrO2. The van der Waals surface area contributed by atoms with Gasteiger partial charge in [0.1, 0.15) is 10.4 Å². The van der Waals surface area contributed by atoms with Crippen LogP contribution in [0, 0.1) is 0 Å². The SMILES string of the molecule is CC(C)(C)OC(=O)C(Br)Cc1ccccc1. The zero-order valence-electron chi connectivity index (χ0n) is 9.87. The van der Waals surface area contributed by atoms with Crippen molar-refractivity contribution in [1.29, 1.82) is 0 Å². The molecule has 3 heteroatoms. The lowest BCUT2D eigenvalue weighted by molar-refractivity contribution is -0.153. The molecule has 1 aromatic rings. The highest BCUT2D eigenvalue weighted by molar-refractivity contribution is 9.10. The minimum atomic E-state index is -0.431. The summed E-state index contributed by atoms with van der Waals surface area (Å²) >= 11 is 3.36. The molecule has 0 fully saturated rings. The van der Waals surface area contributed by atoms with Crippen LogP contribution >= 0.6 is 15.9 Å². The zero-order valence-corrected chi connectivity index (χ0v) is 11.5. The summed E-state index contributed by atoms with van der Waals surface area (Å²) in [7, 11) is 0. The Morgan fingerprint density at radius 1 is 1.31 bits per heavy atom. The number of esters is 1. The number of rotatable bonds is 3. The van der Waals surface area contributed by atoms with E-state index in [0.717, 1.165) is 5.56 Å². The van der Waals surface area contributed by atoms with Gasteiger partial charge in [0.15, 0.2) is 0 Å². The van der Waals surface area contributed by atoms with Crippen LogP contribution in [-0.4, -0.2) is 16.4 Å². The van der Waals surface area contributed by atoms with Gasteiger partial charge in [-0.2, -0.15) is 0 Å². The van der Waals surface area contributed by atoms with Gasteiger partial charge in [0.2, 0.25) is 0 Å². The first kappa shape index (κ1) is 13.2. The summed E-state index contributed by atoms with van der Waals surface area (Å²) in [5.41, 5.74) is 0.690. The molecule has 0 saturated heterocycles. The molecule has 2 nitrogen and oxygen atoms in total. The molecule has 1 aromatic carbocycles. The molecule has 1 atom stereocenters. The molecule has 0 radical (unpaired) electrons. The van der Waals surface area contributed by atoms with E-state index >= 15 is 0 Å². The molecule has 0 aliphatic carbocycles. The van der Waals surface area contributed by atoms with Gasteiger partial charge in [-0.25, -0.2) is 0 Å². The number of alkyl halides is 1. The third-order valence-electron chi connectivity index (χ3n) is 1.92. The van der Waals surface area contributed by atoms with Crippen LogP contribution in [0.15, 0.2) is 30.3 Å². The summed E-state index contributed by atoms with van der Waals surface area (Å²) in [6.45, 7) is 5.60. The first-order chi connectivity index (χ1) is 7.38. The van der Waals surface area contributed by atoms with Crippen LogP contribution in [0.25, 0.3) is 0 Å². The highest BCUT2D eigenvalue weighted by Crippen LogP contribution is 2.15. The lowest BCUT2D eigenvalue weighted by atomic mass is 10.1. The van der Waals surface area contributed by atoms with Crippen molar-refractivity contribution in [2.45, 2.75) is 37.6 Å². The Hall–Kier alpha value is -0.830. The van der Waals surface area contributed by atoms with Crippen LogP contribution in [0.5, 0.6) is 0 Å². The Kier molecular flexibility index (Phi) is 4.54. The van der Waals surface area contributed by atoms with Crippen LogP contribution in [0.4, 0.5) is 0 Å². The van der Waals surface area contributed by atoms with Crippen molar-refractivity contribution in [3.63, 3.8) is 0 Å². The monoisotopic (exact) mass is 284 g/mol. The van der Waals surface area contributed by atoms with Crippen LogP contribution in [0.1, 0.15) is 26.3 Å². The van der Waals surface area contributed by atoms with E-state index < -0.39 is 5.60 Å². The number of hydrogen-bond acceptors (Lipinski definition) is 2. The second-order valence-corrected chi connectivity index (χ2v) is 5.80. The predicted molar refractivity (Wildman–Crippen MR) is 68.7 cm³/mol. The maximum absolute atomic E-state index is 11.7. The van der Waals surface area contributed by atoms with Crippen molar-refractivity contribution >= 4 is 21.9 Å². The molecule has 0 heterocycles. The molecule has 1 unspecified atom stereocenters. The summed E-state index contributed by atoms with van der Waals surface area (Å²) in [5, 5.41) is 0. The molecule has 0 saturated carbocycles. The van der Waals surface area contributed by atoms with Crippen molar-refractivity contribution in [3.8, 4) is 0 Å². The van der Waals surface area contributed by atoms with Gasteiger partial charge in [0, 0.05) is 0 Å². The van der Waals surface area contributed by atoms with Crippen molar-refractivity contribution in [1.82, 2.24) is 0 Å². The van der Waals surface area contributed by atoms with Crippen LogP contribution in [0.3, 0.4) is 0 Å². The molecule has 0 aromatic heterocycles. The Labute approximate surface area is 105 Å². The number of hydrogen-bond donors (Lipinski definition) is 0. The van der Waals surface area contributed by atoms with Gasteiger partial charge in [-0.05, 0) is 32.8 Å². The zero-order chi connectivity index (χ0) is 12.2. The fourth-order valence-corrected chi connectivity index (χ4v) is 1.74. The van der Waals surface area contributed by atoms with Gasteiger partial charge < -0.3 is 4.74 Å². The fourth-order valence-electron chi connectivity index (χ4n) is 1.27. The standard InChI is InChI=1S/C13H17BrO2/c1-13(2,3)16-12(15)11(14)9-10-7-5-4-6-8-10/h4-8,11H,9H2,1-3H3. The predicted octanol–water partition coefficient (Wildman–Crippen LogP) is 3.33. The maximum Gasteiger partial charge on any atom is 0.320 e.